The summed E-state index contributed by atoms with van der Waals surface area (Å²) < 4.78 is 0. The highest BCUT2D eigenvalue weighted by Crippen LogP contribution is 2.07. The SMILES string of the molecule is CC(=O)N[C@@H](CCCCN)C(=O)N[C@@H](C)C(=O)N[C@@H](Cc1ccccc1)C(=O)N[C@@H](CCCCN)C(=O)O. The van der Waals surface area contributed by atoms with Crippen LogP contribution in [0.3, 0.4) is 0 Å². The second-order valence-electron chi connectivity index (χ2n) is 9.20. The molecule has 12 heteroatoms. The molecule has 9 N–H and O–H groups in total. The zero-order valence-electron chi connectivity index (χ0n) is 22.2. The summed E-state index contributed by atoms with van der Waals surface area (Å²) in [6.07, 6.45) is 3.11. The van der Waals surface area contributed by atoms with E-state index in [1.807, 2.05) is 6.07 Å². The second kappa shape index (κ2) is 17.9. The largest absolute Gasteiger partial charge is 0.480 e. The van der Waals surface area contributed by atoms with Gasteiger partial charge in [0.25, 0.3) is 0 Å². The number of hydrogen-bond donors (Lipinski definition) is 7. The van der Waals surface area contributed by atoms with Crippen molar-refractivity contribution >= 4 is 29.6 Å². The van der Waals surface area contributed by atoms with E-state index in [4.69, 9.17) is 11.5 Å². The van der Waals surface area contributed by atoms with Crippen LogP contribution >= 0.6 is 0 Å². The van der Waals surface area contributed by atoms with Crippen molar-refractivity contribution in [3.8, 4) is 0 Å². The Morgan fingerprint density at radius 1 is 0.737 bits per heavy atom. The van der Waals surface area contributed by atoms with Gasteiger partial charge in [0.05, 0.1) is 0 Å². The van der Waals surface area contributed by atoms with Crippen molar-refractivity contribution in [2.75, 3.05) is 13.1 Å². The van der Waals surface area contributed by atoms with Crippen molar-refractivity contribution in [1.29, 1.82) is 0 Å². The molecule has 0 fully saturated rings. The molecule has 38 heavy (non-hydrogen) atoms. The first-order chi connectivity index (χ1) is 18.1. The van der Waals surface area contributed by atoms with E-state index in [0.717, 1.165) is 5.56 Å². The van der Waals surface area contributed by atoms with Crippen LogP contribution in [-0.4, -0.2) is 72.0 Å². The number of nitrogens with two attached hydrogens (primary N) is 2. The zero-order chi connectivity index (χ0) is 28.5. The summed E-state index contributed by atoms with van der Waals surface area (Å²) in [5.74, 6) is -3.38. The topological polar surface area (TPSA) is 206 Å². The summed E-state index contributed by atoms with van der Waals surface area (Å²) in [6, 6.07) is 4.88. The molecule has 1 aromatic rings. The van der Waals surface area contributed by atoms with Crippen LogP contribution in [0.2, 0.25) is 0 Å². The normalized spacial score (nSPS) is 13.9. The number of carbonyl (C=O) groups is 5. The molecular formula is C26H42N6O6. The summed E-state index contributed by atoms with van der Waals surface area (Å²) in [5.41, 5.74) is 11.7. The van der Waals surface area contributed by atoms with E-state index in [-0.39, 0.29) is 18.7 Å². The van der Waals surface area contributed by atoms with Gasteiger partial charge in [-0.3, -0.25) is 19.2 Å². The Bertz CT molecular complexity index is 913. The minimum Gasteiger partial charge on any atom is -0.480 e. The average Bonchev–Trinajstić information content (AvgIpc) is 2.87. The van der Waals surface area contributed by atoms with Crippen LogP contribution in [0.4, 0.5) is 0 Å². The minimum atomic E-state index is -1.18. The van der Waals surface area contributed by atoms with Crippen molar-refractivity contribution in [1.82, 2.24) is 21.3 Å². The van der Waals surface area contributed by atoms with E-state index in [0.29, 0.717) is 45.2 Å². The van der Waals surface area contributed by atoms with Crippen molar-refractivity contribution < 1.29 is 29.1 Å². The van der Waals surface area contributed by atoms with E-state index in [1.165, 1.54) is 13.8 Å². The van der Waals surface area contributed by atoms with E-state index < -0.39 is 47.9 Å². The molecule has 0 aliphatic rings. The average molecular weight is 535 g/mol. The molecule has 0 aliphatic heterocycles. The van der Waals surface area contributed by atoms with Crippen molar-refractivity contribution in [2.45, 2.75) is 83.0 Å². The van der Waals surface area contributed by atoms with Gasteiger partial charge in [-0.25, -0.2) is 4.79 Å². The molecule has 0 aromatic heterocycles. The molecule has 1 rings (SSSR count). The Balaban J connectivity index is 2.94. The van der Waals surface area contributed by atoms with Crippen LogP contribution in [0.5, 0.6) is 0 Å². The Morgan fingerprint density at radius 3 is 1.79 bits per heavy atom. The fraction of sp³-hybridized carbons (Fsp3) is 0.577. The maximum atomic E-state index is 13.1. The smallest absolute Gasteiger partial charge is 0.326 e. The van der Waals surface area contributed by atoms with Crippen LogP contribution in [0.15, 0.2) is 30.3 Å². The lowest BCUT2D eigenvalue weighted by molar-refractivity contribution is -0.142. The van der Waals surface area contributed by atoms with Gasteiger partial charge >= 0.3 is 5.97 Å². The molecule has 0 spiro atoms. The number of amides is 4. The van der Waals surface area contributed by atoms with E-state index in [2.05, 4.69) is 21.3 Å². The molecule has 0 saturated carbocycles. The number of benzene rings is 1. The molecule has 0 bridgehead atoms. The van der Waals surface area contributed by atoms with Crippen LogP contribution in [0.25, 0.3) is 0 Å². The lowest BCUT2D eigenvalue weighted by atomic mass is 10.0. The second-order valence-corrected chi connectivity index (χ2v) is 9.20. The van der Waals surface area contributed by atoms with Crippen LogP contribution in [0, 0.1) is 0 Å². The summed E-state index contributed by atoms with van der Waals surface area (Å²) in [5, 5.41) is 19.8. The third-order valence-electron chi connectivity index (χ3n) is 5.87. The van der Waals surface area contributed by atoms with Gasteiger partial charge in [0.15, 0.2) is 0 Å². The van der Waals surface area contributed by atoms with Crippen LogP contribution in [0.1, 0.15) is 57.9 Å². The third kappa shape index (κ3) is 12.6. The number of nitrogens with one attached hydrogen (secondary N) is 4. The van der Waals surface area contributed by atoms with E-state index in [9.17, 15) is 29.1 Å². The molecule has 0 saturated heterocycles. The maximum Gasteiger partial charge on any atom is 0.326 e. The lowest BCUT2D eigenvalue weighted by Gasteiger charge is -2.24. The quantitative estimate of drug-likeness (QED) is 0.122. The number of carbonyl (C=O) groups excluding carboxylic acids is 4. The van der Waals surface area contributed by atoms with Gasteiger partial charge in [-0.1, -0.05) is 30.3 Å². The Hall–Kier alpha value is -3.51. The molecule has 0 unspecified atom stereocenters. The van der Waals surface area contributed by atoms with Gasteiger partial charge in [0, 0.05) is 13.3 Å². The molecule has 0 heterocycles. The fourth-order valence-electron chi connectivity index (χ4n) is 3.76. The number of aliphatic carboxylic acids is 1. The Morgan fingerprint density at radius 2 is 1.26 bits per heavy atom. The van der Waals surface area contributed by atoms with Gasteiger partial charge in [-0.15, -0.1) is 0 Å². The highest BCUT2D eigenvalue weighted by atomic mass is 16.4. The zero-order valence-corrected chi connectivity index (χ0v) is 22.2. The van der Waals surface area contributed by atoms with Crippen LogP contribution < -0.4 is 32.7 Å². The fourth-order valence-corrected chi connectivity index (χ4v) is 3.76. The maximum absolute atomic E-state index is 13.1. The van der Waals surface area contributed by atoms with Crippen molar-refractivity contribution in [2.24, 2.45) is 11.5 Å². The predicted molar refractivity (Wildman–Crippen MR) is 143 cm³/mol. The first kappa shape index (κ1) is 32.5. The molecule has 0 radical (unpaired) electrons. The minimum absolute atomic E-state index is 0.113. The monoisotopic (exact) mass is 534 g/mol. The molecule has 1 aromatic carbocycles. The summed E-state index contributed by atoms with van der Waals surface area (Å²) >= 11 is 0. The number of carboxylic acid groups (broad SMARTS) is 1. The van der Waals surface area contributed by atoms with Gasteiger partial charge < -0.3 is 37.8 Å². The van der Waals surface area contributed by atoms with Crippen LogP contribution in [-0.2, 0) is 30.4 Å². The molecule has 4 atom stereocenters. The predicted octanol–water partition coefficient (Wildman–Crippen LogP) is -0.449. The van der Waals surface area contributed by atoms with Crippen molar-refractivity contribution in [3.63, 3.8) is 0 Å². The number of rotatable bonds is 18. The molecule has 4 amide bonds. The number of carboxylic acids is 1. The number of hydrogen-bond acceptors (Lipinski definition) is 7. The Labute approximate surface area is 223 Å². The Kier molecular flexibility index (Phi) is 15.3. The summed E-state index contributed by atoms with van der Waals surface area (Å²) in [6.45, 7) is 3.62. The van der Waals surface area contributed by atoms with E-state index in [1.54, 1.807) is 24.3 Å². The lowest BCUT2D eigenvalue weighted by Crippen LogP contribution is -2.57. The summed E-state index contributed by atoms with van der Waals surface area (Å²) in [4.78, 5) is 62.0. The molecular weight excluding hydrogens is 492 g/mol. The van der Waals surface area contributed by atoms with Gasteiger partial charge in [0.2, 0.25) is 23.6 Å². The third-order valence-corrected chi connectivity index (χ3v) is 5.87. The highest BCUT2D eigenvalue weighted by molar-refractivity contribution is 5.94. The molecule has 12 nitrogen and oxygen atoms in total. The number of unbranched alkanes of at least 4 members (excludes halogenated alkanes) is 2. The summed E-state index contributed by atoms with van der Waals surface area (Å²) in [7, 11) is 0. The molecule has 212 valence electrons. The first-order valence-electron chi connectivity index (χ1n) is 12.9. The standard InChI is InChI=1S/C26H42N6O6/c1-17(29-24(35)20(30-18(2)33)12-6-8-14-27)23(34)32-22(16-19-10-4-3-5-11-19)25(36)31-21(26(37)38)13-7-9-15-28/h3-5,10-11,17,20-22H,6-9,12-16,27-28H2,1-2H3,(H,29,35)(H,30,33)(H,31,36)(H,32,34)(H,37,38)/t17-,20-,21-,22-/m0/s1. The van der Waals surface area contributed by atoms with Gasteiger partial charge in [-0.05, 0) is 64.1 Å². The van der Waals surface area contributed by atoms with E-state index >= 15 is 0 Å². The van der Waals surface area contributed by atoms with Gasteiger partial charge in [-0.2, -0.15) is 0 Å². The molecule has 0 aliphatic carbocycles. The first-order valence-corrected chi connectivity index (χ1v) is 12.9. The van der Waals surface area contributed by atoms with Gasteiger partial charge in [0.1, 0.15) is 24.2 Å². The highest BCUT2D eigenvalue weighted by Gasteiger charge is 2.29. The van der Waals surface area contributed by atoms with Crippen molar-refractivity contribution in [3.05, 3.63) is 35.9 Å².